The molecule has 23 heavy (non-hydrogen) atoms. The van der Waals surface area contributed by atoms with Gasteiger partial charge in [-0.05, 0) is 25.1 Å². The van der Waals surface area contributed by atoms with Crippen molar-refractivity contribution in [2.75, 3.05) is 52.9 Å². The van der Waals surface area contributed by atoms with Crippen LogP contribution >= 0.6 is 11.6 Å². The first-order valence-corrected chi connectivity index (χ1v) is 8.94. The number of rotatable bonds is 4. The van der Waals surface area contributed by atoms with Gasteiger partial charge >= 0.3 is 0 Å². The van der Waals surface area contributed by atoms with E-state index < -0.39 is 0 Å². The summed E-state index contributed by atoms with van der Waals surface area (Å²) in [6.07, 6.45) is 1.66. The van der Waals surface area contributed by atoms with Crippen LogP contribution in [-0.2, 0) is 4.79 Å². The van der Waals surface area contributed by atoms with Gasteiger partial charge in [0.1, 0.15) is 0 Å². The molecule has 2 saturated heterocycles. The van der Waals surface area contributed by atoms with E-state index in [1.54, 1.807) is 0 Å². The molecular formula is C18H26ClN3O. The zero-order valence-corrected chi connectivity index (χ0v) is 14.6. The third-order valence-corrected chi connectivity index (χ3v) is 5.47. The maximum Gasteiger partial charge on any atom is 0.223 e. The number of halogens is 1. The fraction of sp³-hybridized carbons (Fsp3) is 0.611. The highest BCUT2D eigenvalue weighted by Crippen LogP contribution is 2.32. The Morgan fingerprint density at radius 1 is 1.17 bits per heavy atom. The molecule has 0 aromatic heterocycles. The van der Waals surface area contributed by atoms with E-state index >= 15 is 0 Å². The predicted molar refractivity (Wildman–Crippen MR) is 93.9 cm³/mol. The molecule has 1 aromatic rings. The van der Waals surface area contributed by atoms with Crippen molar-refractivity contribution in [2.24, 2.45) is 0 Å². The lowest BCUT2D eigenvalue weighted by molar-refractivity contribution is -0.130. The fourth-order valence-electron chi connectivity index (χ4n) is 3.53. The van der Waals surface area contributed by atoms with Gasteiger partial charge in [-0.25, -0.2) is 0 Å². The van der Waals surface area contributed by atoms with Crippen molar-refractivity contribution in [2.45, 2.75) is 18.8 Å². The first-order chi connectivity index (χ1) is 11.1. The smallest absolute Gasteiger partial charge is 0.223 e. The van der Waals surface area contributed by atoms with Gasteiger partial charge < -0.3 is 14.7 Å². The van der Waals surface area contributed by atoms with E-state index in [2.05, 4.69) is 22.9 Å². The number of benzene rings is 1. The van der Waals surface area contributed by atoms with Gasteiger partial charge in [0.2, 0.25) is 5.91 Å². The Kier molecular flexibility index (Phi) is 5.57. The molecule has 1 amide bonds. The lowest BCUT2D eigenvalue weighted by Crippen LogP contribution is -2.45. The molecule has 2 fully saturated rings. The van der Waals surface area contributed by atoms with E-state index in [9.17, 15) is 4.79 Å². The molecule has 0 unspecified atom stereocenters. The van der Waals surface area contributed by atoms with Crippen molar-refractivity contribution < 1.29 is 4.79 Å². The van der Waals surface area contributed by atoms with Crippen LogP contribution in [0.25, 0.3) is 0 Å². The topological polar surface area (TPSA) is 26.8 Å². The molecule has 1 aromatic carbocycles. The molecule has 2 aliphatic heterocycles. The Balaban J connectivity index is 1.47. The summed E-state index contributed by atoms with van der Waals surface area (Å²) >= 11 is 6.29. The summed E-state index contributed by atoms with van der Waals surface area (Å²) in [5.74, 6) is 0.676. The minimum absolute atomic E-state index is 0.290. The van der Waals surface area contributed by atoms with Gasteiger partial charge in [0.05, 0.1) is 0 Å². The quantitative estimate of drug-likeness (QED) is 0.844. The van der Waals surface area contributed by atoms with Gasteiger partial charge in [0.15, 0.2) is 0 Å². The molecule has 0 aliphatic carbocycles. The summed E-state index contributed by atoms with van der Waals surface area (Å²) in [6.45, 7) is 6.92. The van der Waals surface area contributed by atoms with Crippen molar-refractivity contribution in [1.29, 1.82) is 0 Å². The first kappa shape index (κ1) is 16.7. The summed E-state index contributed by atoms with van der Waals surface area (Å²) in [6, 6.07) is 8.01. The summed E-state index contributed by atoms with van der Waals surface area (Å²) in [4.78, 5) is 19.2. The number of piperazine rings is 1. The van der Waals surface area contributed by atoms with Crippen LogP contribution in [0.3, 0.4) is 0 Å². The van der Waals surface area contributed by atoms with Crippen LogP contribution in [0.1, 0.15) is 24.3 Å². The third kappa shape index (κ3) is 4.25. The van der Waals surface area contributed by atoms with Crippen molar-refractivity contribution in [1.82, 2.24) is 14.7 Å². The van der Waals surface area contributed by atoms with Gasteiger partial charge in [0, 0.05) is 63.2 Å². The Morgan fingerprint density at radius 2 is 1.91 bits per heavy atom. The number of likely N-dealkylation sites (tertiary alicyclic amines) is 1. The van der Waals surface area contributed by atoms with Crippen LogP contribution in [0.4, 0.5) is 0 Å². The molecule has 3 rings (SSSR count). The Morgan fingerprint density at radius 3 is 2.65 bits per heavy atom. The van der Waals surface area contributed by atoms with Gasteiger partial charge in [0.25, 0.3) is 0 Å². The standard InChI is InChI=1S/C18H26ClN3O/c1-20-10-12-21(13-11-20)8-7-18(23)22-9-6-15(14-22)16-4-2-3-5-17(16)19/h2-5,15H,6-14H2,1H3/t15-/m0/s1. The van der Waals surface area contributed by atoms with E-state index in [0.29, 0.717) is 18.2 Å². The van der Waals surface area contributed by atoms with Gasteiger partial charge in [-0.15, -0.1) is 0 Å². The van der Waals surface area contributed by atoms with Crippen molar-refractivity contribution >= 4 is 17.5 Å². The maximum atomic E-state index is 12.5. The summed E-state index contributed by atoms with van der Waals surface area (Å²) in [5, 5.41) is 0.823. The van der Waals surface area contributed by atoms with Crippen LogP contribution in [-0.4, -0.2) is 73.5 Å². The van der Waals surface area contributed by atoms with Crippen molar-refractivity contribution in [3.8, 4) is 0 Å². The van der Waals surface area contributed by atoms with Gasteiger partial charge in [-0.2, -0.15) is 0 Å². The minimum atomic E-state index is 0.290. The average molecular weight is 336 g/mol. The molecule has 0 bridgehead atoms. The normalized spacial score (nSPS) is 23.4. The largest absolute Gasteiger partial charge is 0.342 e. The lowest BCUT2D eigenvalue weighted by Gasteiger charge is -2.32. The Labute approximate surface area is 144 Å². The number of amides is 1. The van der Waals surface area contributed by atoms with Crippen molar-refractivity contribution in [3.05, 3.63) is 34.9 Å². The zero-order chi connectivity index (χ0) is 16.2. The second kappa shape index (κ2) is 7.65. The predicted octanol–water partition coefficient (Wildman–Crippen LogP) is 2.29. The Bertz CT molecular complexity index is 543. The summed E-state index contributed by atoms with van der Waals surface area (Å²) in [7, 11) is 2.15. The molecule has 2 heterocycles. The highest BCUT2D eigenvalue weighted by Gasteiger charge is 2.28. The molecule has 0 N–H and O–H groups in total. The van der Waals surface area contributed by atoms with Crippen LogP contribution in [0.5, 0.6) is 0 Å². The molecule has 1 atom stereocenters. The number of likely N-dealkylation sites (N-methyl/N-ethyl adjacent to an activating group) is 1. The third-order valence-electron chi connectivity index (χ3n) is 5.12. The lowest BCUT2D eigenvalue weighted by atomic mass is 9.98. The van der Waals surface area contributed by atoms with E-state index in [1.807, 2.05) is 23.1 Å². The van der Waals surface area contributed by atoms with Crippen LogP contribution in [0, 0.1) is 0 Å². The van der Waals surface area contributed by atoms with Crippen LogP contribution < -0.4 is 0 Å². The highest BCUT2D eigenvalue weighted by atomic mass is 35.5. The van der Waals surface area contributed by atoms with Gasteiger partial charge in [-0.1, -0.05) is 29.8 Å². The first-order valence-electron chi connectivity index (χ1n) is 8.56. The number of nitrogens with zero attached hydrogens (tertiary/aromatic N) is 3. The van der Waals surface area contributed by atoms with Crippen molar-refractivity contribution in [3.63, 3.8) is 0 Å². The Hall–Kier alpha value is -1.10. The second-order valence-electron chi connectivity index (χ2n) is 6.74. The molecule has 4 nitrogen and oxygen atoms in total. The molecule has 0 saturated carbocycles. The molecule has 0 radical (unpaired) electrons. The molecule has 0 spiro atoms. The fourth-order valence-corrected chi connectivity index (χ4v) is 3.82. The molecular weight excluding hydrogens is 310 g/mol. The van der Waals surface area contributed by atoms with E-state index in [1.165, 1.54) is 5.56 Å². The molecule has 126 valence electrons. The summed E-state index contributed by atoms with van der Waals surface area (Å²) < 4.78 is 0. The number of hydrogen-bond donors (Lipinski definition) is 0. The molecule has 2 aliphatic rings. The van der Waals surface area contributed by atoms with Crippen LogP contribution in [0.15, 0.2) is 24.3 Å². The number of carbonyl (C=O) groups excluding carboxylic acids is 1. The van der Waals surface area contributed by atoms with E-state index in [-0.39, 0.29) is 0 Å². The monoisotopic (exact) mass is 335 g/mol. The minimum Gasteiger partial charge on any atom is -0.342 e. The maximum absolute atomic E-state index is 12.5. The molecule has 5 heteroatoms. The number of carbonyl (C=O) groups is 1. The highest BCUT2D eigenvalue weighted by molar-refractivity contribution is 6.31. The van der Waals surface area contributed by atoms with Gasteiger partial charge in [-0.3, -0.25) is 4.79 Å². The van der Waals surface area contributed by atoms with E-state index in [0.717, 1.165) is 57.3 Å². The second-order valence-corrected chi connectivity index (χ2v) is 7.15. The SMILES string of the molecule is CN1CCN(CCC(=O)N2CC[C@H](c3ccccc3Cl)C2)CC1. The van der Waals surface area contributed by atoms with E-state index in [4.69, 9.17) is 11.6 Å². The summed E-state index contributed by atoms with van der Waals surface area (Å²) in [5.41, 5.74) is 1.18. The average Bonchev–Trinajstić information content (AvgIpc) is 3.04. The number of hydrogen-bond acceptors (Lipinski definition) is 3. The van der Waals surface area contributed by atoms with Crippen LogP contribution in [0.2, 0.25) is 5.02 Å². The zero-order valence-electron chi connectivity index (χ0n) is 13.9.